The van der Waals surface area contributed by atoms with E-state index < -0.39 is 0 Å². The van der Waals surface area contributed by atoms with Gasteiger partial charge in [-0.15, -0.1) is 0 Å². The minimum absolute atomic E-state index is 0.101. The highest BCUT2D eigenvalue weighted by molar-refractivity contribution is 5.96. The number of aryl methyl sites for hydroxylation is 1. The van der Waals surface area contributed by atoms with Crippen LogP contribution in [-0.2, 0) is 0 Å². The summed E-state index contributed by atoms with van der Waals surface area (Å²) in [5, 5.41) is 5.77. The number of likely N-dealkylation sites (N-methyl/N-ethyl adjacent to an activating group) is 1. The maximum atomic E-state index is 11.8. The van der Waals surface area contributed by atoms with E-state index in [0.29, 0.717) is 23.6 Å². The highest BCUT2D eigenvalue weighted by Gasteiger charge is 2.08. The largest absolute Gasteiger partial charge is 0.441 e. The molecule has 1 aromatic heterocycles. The normalized spacial score (nSPS) is 10.7. The second-order valence-electron chi connectivity index (χ2n) is 3.77. The van der Waals surface area contributed by atoms with Crippen LogP contribution in [0, 0.1) is 6.92 Å². The Hall–Kier alpha value is -1.88. The lowest BCUT2D eigenvalue weighted by atomic mass is 10.2. The summed E-state index contributed by atoms with van der Waals surface area (Å²) >= 11 is 0. The van der Waals surface area contributed by atoms with Gasteiger partial charge in [-0.2, -0.15) is 0 Å². The molecule has 0 aliphatic carbocycles. The Morgan fingerprint density at radius 1 is 1.41 bits per heavy atom. The number of aromatic nitrogens is 1. The first-order chi connectivity index (χ1) is 8.20. The first kappa shape index (κ1) is 11.6. The van der Waals surface area contributed by atoms with Crippen molar-refractivity contribution in [3.8, 4) is 0 Å². The van der Waals surface area contributed by atoms with Crippen molar-refractivity contribution in [3.63, 3.8) is 0 Å². The molecule has 0 fully saturated rings. The molecule has 0 radical (unpaired) electrons. The van der Waals surface area contributed by atoms with Gasteiger partial charge in [-0.25, -0.2) is 4.98 Å². The number of benzene rings is 1. The highest BCUT2D eigenvalue weighted by Crippen LogP contribution is 2.16. The van der Waals surface area contributed by atoms with Crippen molar-refractivity contribution in [1.29, 1.82) is 0 Å². The van der Waals surface area contributed by atoms with E-state index in [1.54, 1.807) is 25.1 Å². The molecule has 5 nitrogen and oxygen atoms in total. The Bertz CT molecular complexity index is 534. The Kier molecular flexibility index (Phi) is 3.39. The number of nitrogens with zero attached hydrogens (tertiary/aromatic N) is 1. The SMILES string of the molecule is CNCCNC(=O)c1ccc2nc(C)oc2c1. The van der Waals surface area contributed by atoms with Gasteiger partial charge in [0.2, 0.25) is 0 Å². The van der Waals surface area contributed by atoms with Gasteiger partial charge >= 0.3 is 0 Å². The molecular weight excluding hydrogens is 218 g/mol. The molecule has 2 N–H and O–H groups in total. The van der Waals surface area contributed by atoms with Gasteiger partial charge in [0.05, 0.1) is 0 Å². The van der Waals surface area contributed by atoms with E-state index in [1.807, 2.05) is 7.05 Å². The van der Waals surface area contributed by atoms with Crippen molar-refractivity contribution in [2.24, 2.45) is 0 Å². The summed E-state index contributed by atoms with van der Waals surface area (Å²) < 4.78 is 5.38. The van der Waals surface area contributed by atoms with Crippen LogP contribution in [0.4, 0.5) is 0 Å². The zero-order valence-corrected chi connectivity index (χ0v) is 9.91. The van der Waals surface area contributed by atoms with E-state index in [9.17, 15) is 4.79 Å². The van der Waals surface area contributed by atoms with Gasteiger partial charge in [0.15, 0.2) is 11.5 Å². The second-order valence-corrected chi connectivity index (χ2v) is 3.77. The van der Waals surface area contributed by atoms with Crippen molar-refractivity contribution in [1.82, 2.24) is 15.6 Å². The lowest BCUT2D eigenvalue weighted by molar-refractivity contribution is 0.0954. The Morgan fingerprint density at radius 3 is 3.00 bits per heavy atom. The van der Waals surface area contributed by atoms with Crippen molar-refractivity contribution in [3.05, 3.63) is 29.7 Å². The number of carbonyl (C=O) groups is 1. The standard InChI is InChI=1S/C12H15N3O2/c1-8-15-10-4-3-9(7-11(10)17-8)12(16)14-6-5-13-2/h3-4,7,13H,5-6H2,1-2H3,(H,14,16). The summed E-state index contributed by atoms with van der Waals surface area (Å²) in [5.74, 6) is 0.504. The van der Waals surface area contributed by atoms with Gasteiger partial charge in [0.1, 0.15) is 5.52 Å². The van der Waals surface area contributed by atoms with E-state index in [0.717, 1.165) is 12.1 Å². The van der Waals surface area contributed by atoms with Gasteiger partial charge in [-0.1, -0.05) is 0 Å². The van der Waals surface area contributed by atoms with Crippen molar-refractivity contribution in [2.75, 3.05) is 20.1 Å². The van der Waals surface area contributed by atoms with Crippen LogP contribution in [0.2, 0.25) is 0 Å². The summed E-state index contributed by atoms with van der Waals surface area (Å²) in [5.41, 5.74) is 2.00. The molecule has 2 aromatic rings. The summed E-state index contributed by atoms with van der Waals surface area (Å²) in [6, 6.07) is 5.25. The van der Waals surface area contributed by atoms with Gasteiger partial charge in [-0.05, 0) is 25.2 Å². The van der Waals surface area contributed by atoms with Crippen LogP contribution in [0.3, 0.4) is 0 Å². The summed E-state index contributed by atoms with van der Waals surface area (Å²) in [6.45, 7) is 3.13. The highest BCUT2D eigenvalue weighted by atomic mass is 16.3. The number of oxazole rings is 1. The maximum Gasteiger partial charge on any atom is 0.251 e. The average Bonchev–Trinajstić information content (AvgIpc) is 2.68. The lowest BCUT2D eigenvalue weighted by Gasteiger charge is -2.04. The lowest BCUT2D eigenvalue weighted by Crippen LogP contribution is -2.30. The molecule has 5 heteroatoms. The minimum Gasteiger partial charge on any atom is -0.441 e. The number of amides is 1. The van der Waals surface area contributed by atoms with E-state index in [1.165, 1.54) is 0 Å². The molecule has 0 saturated carbocycles. The predicted molar refractivity (Wildman–Crippen MR) is 65.0 cm³/mol. The van der Waals surface area contributed by atoms with Crippen molar-refractivity contribution >= 4 is 17.0 Å². The third-order valence-electron chi connectivity index (χ3n) is 2.42. The predicted octanol–water partition coefficient (Wildman–Crippen LogP) is 1.09. The number of fused-ring (bicyclic) bond motifs is 1. The first-order valence-corrected chi connectivity index (χ1v) is 5.50. The first-order valence-electron chi connectivity index (χ1n) is 5.50. The summed E-state index contributed by atoms with van der Waals surface area (Å²) in [6.07, 6.45) is 0. The minimum atomic E-state index is -0.101. The molecule has 90 valence electrons. The van der Waals surface area contributed by atoms with E-state index >= 15 is 0 Å². The van der Waals surface area contributed by atoms with Crippen LogP contribution in [0.15, 0.2) is 22.6 Å². The van der Waals surface area contributed by atoms with Crippen LogP contribution >= 0.6 is 0 Å². The molecule has 0 unspecified atom stereocenters. The van der Waals surface area contributed by atoms with E-state index in [-0.39, 0.29) is 5.91 Å². The summed E-state index contributed by atoms with van der Waals surface area (Å²) in [4.78, 5) is 15.9. The molecule has 0 aliphatic heterocycles. The molecular formula is C12H15N3O2. The van der Waals surface area contributed by atoms with Crippen molar-refractivity contribution in [2.45, 2.75) is 6.92 Å². The van der Waals surface area contributed by atoms with Crippen LogP contribution in [-0.4, -0.2) is 31.0 Å². The third-order valence-corrected chi connectivity index (χ3v) is 2.42. The molecule has 1 heterocycles. The molecule has 1 aromatic carbocycles. The fraction of sp³-hybridized carbons (Fsp3) is 0.333. The van der Waals surface area contributed by atoms with E-state index in [2.05, 4.69) is 15.6 Å². The fourth-order valence-electron chi connectivity index (χ4n) is 1.58. The summed E-state index contributed by atoms with van der Waals surface area (Å²) in [7, 11) is 1.84. The fourth-order valence-corrected chi connectivity index (χ4v) is 1.58. The van der Waals surface area contributed by atoms with Gasteiger partial charge in [-0.3, -0.25) is 4.79 Å². The molecule has 0 atom stereocenters. The van der Waals surface area contributed by atoms with Crippen LogP contribution in [0.25, 0.3) is 11.1 Å². The van der Waals surface area contributed by atoms with E-state index in [4.69, 9.17) is 4.42 Å². The molecule has 1 amide bonds. The molecule has 0 spiro atoms. The smallest absolute Gasteiger partial charge is 0.251 e. The Morgan fingerprint density at radius 2 is 2.24 bits per heavy atom. The number of rotatable bonds is 4. The molecule has 0 bridgehead atoms. The Labute approximate surface area is 99.2 Å². The molecule has 2 rings (SSSR count). The monoisotopic (exact) mass is 233 g/mol. The molecule has 17 heavy (non-hydrogen) atoms. The quantitative estimate of drug-likeness (QED) is 0.776. The zero-order valence-electron chi connectivity index (χ0n) is 9.91. The van der Waals surface area contributed by atoms with Crippen molar-refractivity contribution < 1.29 is 9.21 Å². The number of hydrogen-bond acceptors (Lipinski definition) is 4. The van der Waals surface area contributed by atoms with Gasteiger partial charge in [0.25, 0.3) is 5.91 Å². The van der Waals surface area contributed by atoms with Gasteiger partial charge in [0, 0.05) is 25.6 Å². The third kappa shape index (κ3) is 2.62. The topological polar surface area (TPSA) is 67.2 Å². The van der Waals surface area contributed by atoms with Crippen LogP contribution < -0.4 is 10.6 Å². The maximum absolute atomic E-state index is 11.8. The second kappa shape index (κ2) is 4.97. The van der Waals surface area contributed by atoms with Crippen LogP contribution in [0.5, 0.6) is 0 Å². The number of hydrogen-bond donors (Lipinski definition) is 2. The number of carbonyl (C=O) groups excluding carboxylic acids is 1. The zero-order chi connectivity index (χ0) is 12.3. The average molecular weight is 233 g/mol. The molecule has 0 aliphatic rings. The Balaban J connectivity index is 2.15. The van der Waals surface area contributed by atoms with Gasteiger partial charge < -0.3 is 15.1 Å². The molecule has 0 saturated heterocycles. The van der Waals surface area contributed by atoms with Crippen LogP contribution in [0.1, 0.15) is 16.2 Å². The number of nitrogens with one attached hydrogen (secondary N) is 2.